The van der Waals surface area contributed by atoms with Crippen LogP contribution in [0.25, 0.3) is 0 Å². The molecule has 1 unspecified atom stereocenters. The number of hydrogen-bond donors (Lipinski definition) is 1. The number of amides is 1. The molecule has 1 amide bonds. The highest BCUT2D eigenvalue weighted by molar-refractivity contribution is 7.09. The lowest BCUT2D eigenvalue weighted by atomic mass is 10.2. The second kappa shape index (κ2) is 7.08. The predicted molar refractivity (Wildman–Crippen MR) is 92.9 cm³/mol. The van der Waals surface area contributed by atoms with Gasteiger partial charge in [-0.25, -0.2) is 9.97 Å². The molecule has 2 aromatic heterocycles. The van der Waals surface area contributed by atoms with Crippen LogP contribution in [0.5, 0.6) is 0 Å². The van der Waals surface area contributed by atoms with Crippen molar-refractivity contribution in [2.75, 3.05) is 11.4 Å². The van der Waals surface area contributed by atoms with Gasteiger partial charge in [-0.15, -0.1) is 11.3 Å². The van der Waals surface area contributed by atoms with Crippen molar-refractivity contribution < 1.29 is 4.79 Å². The van der Waals surface area contributed by atoms with Crippen LogP contribution in [0.3, 0.4) is 0 Å². The van der Waals surface area contributed by atoms with E-state index in [9.17, 15) is 4.79 Å². The Morgan fingerprint density at radius 2 is 2.35 bits per heavy atom. The number of carbonyl (C=O) groups excluding carboxylic acids is 1. The SMILES string of the molecule is CCc1csc(CNC(=O)c2ccc(N3CCCC3C)nc2)n1. The quantitative estimate of drug-likeness (QED) is 0.915. The summed E-state index contributed by atoms with van der Waals surface area (Å²) in [5.74, 6) is 0.853. The zero-order chi connectivity index (χ0) is 16.2. The Balaban J connectivity index is 1.59. The zero-order valence-corrected chi connectivity index (χ0v) is 14.4. The van der Waals surface area contributed by atoms with Gasteiger partial charge < -0.3 is 10.2 Å². The average Bonchev–Trinajstić information content (AvgIpc) is 3.21. The first-order valence-corrected chi connectivity index (χ1v) is 8.99. The van der Waals surface area contributed by atoms with Gasteiger partial charge in [0.15, 0.2) is 0 Å². The molecule has 1 N–H and O–H groups in total. The maximum Gasteiger partial charge on any atom is 0.253 e. The fourth-order valence-electron chi connectivity index (χ4n) is 2.81. The highest BCUT2D eigenvalue weighted by Crippen LogP contribution is 2.23. The average molecular weight is 330 g/mol. The number of thiazole rings is 1. The van der Waals surface area contributed by atoms with E-state index < -0.39 is 0 Å². The number of carbonyl (C=O) groups is 1. The molecule has 0 aliphatic carbocycles. The number of rotatable bonds is 5. The van der Waals surface area contributed by atoms with Crippen molar-refractivity contribution in [2.24, 2.45) is 0 Å². The van der Waals surface area contributed by atoms with Crippen LogP contribution in [-0.2, 0) is 13.0 Å². The second-order valence-electron chi connectivity index (χ2n) is 5.86. The Morgan fingerprint density at radius 1 is 1.48 bits per heavy atom. The minimum absolute atomic E-state index is 0.105. The Hall–Kier alpha value is -1.95. The van der Waals surface area contributed by atoms with Crippen LogP contribution in [0.2, 0.25) is 0 Å². The molecule has 0 radical (unpaired) electrons. The maximum atomic E-state index is 12.2. The molecule has 23 heavy (non-hydrogen) atoms. The normalized spacial score (nSPS) is 17.5. The zero-order valence-electron chi connectivity index (χ0n) is 13.6. The van der Waals surface area contributed by atoms with E-state index in [1.54, 1.807) is 17.5 Å². The number of aryl methyl sites for hydroxylation is 1. The molecular weight excluding hydrogens is 308 g/mol. The first-order chi connectivity index (χ1) is 11.2. The van der Waals surface area contributed by atoms with Crippen molar-refractivity contribution in [3.8, 4) is 0 Å². The van der Waals surface area contributed by atoms with Crippen LogP contribution in [0.1, 0.15) is 47.7 Å². The van der Waals surface area contributed by atoms with Gasteiger partial charge in [-0.3, -0.25) is 4.79 Å². The fraction of sp³-hybridized carbons (Fsp3) is 0.471. The summed E-state index contributed by atoms with van der Waals surface area (Å²) in [5, 5.41) is 5.88. The van der Waals surface area contributed by atoms with Crippen molar-refractivity contribution in [1.82, 2.24) is 15.3 Å². The maximum absolute atomic E-state index is 12.2. The lowest BCUT2D eigenvalue weighted by Gasteiger charge is -2.22. The van der Waals surface area contributed by atoms with Crippen LogP contribution in [0, 0.1) is 0 Å². The number of aromatic nitrogens is 2. The number of anilines is 1. The van der Waals surface area contributed by atoms with Crippen LogP contribution in [-0.4, -0.2) is 28.5 Å². The highest BCUT2D eigenvalue weighted by Gasteiger charge is 2.21. The molecule has 1 saturated heterocycles. The lowest BCUT2D eigenvalue weighted by molar-refractivity contribution is 0.0950. The second-order valence-corrected chi connectivity index (χ2v) is 6.80. The van der Waals surface area contributed by atoms with Crippen molar-refractivity contribution >= 4 is 23.1 Å². The summed E-state index contributed by atoms with van der Waals surface area (Å²) >= 11 is 1.58. The predicted octanol–water partition coefficient (Wildman–Crippen LogP) is 3.02. The van der Waals surface area contributed by atoms with E-state index in [-0.39, 0.29) is 5.91 Å². The third kappa shape index (κ3) is 3.69. The summed E-state index contributed by atoms with van der Waals surface area (Å²) in [4.78, 5) is 23.4. The first kappa shape index (κ1) is 15.9. The third-order valence-corrected chi connectivity index (χ3v) is 5.12. The van der Waals surface area contributed by atoms with Crippen LogP contribution in [0.4, 0.5) is 5.82 Å². The lowest BCUT2D eigenvalue weighted by Crippen LogP contribution is -2.27. The molecule has 0 saturated carbocycles. The summed E-state index contributed by atoms with van der Waals surface area (Å²) in [6.45, 7) is 5.80. The molecule has 1 aliphatic heterocycles. The van der Waals surface area contributed by atoms with E-state index >= 15 is 0 Å². The summed E-state index contributed by atoms with van der Waals surface area (Å²) < 4.78 is 0. The Bertz CT molecular complexity index is 667. The van der Waals surface area contributed by atoms with Gasteiger partial charge in [0.1, 0.15) is 10.8 Å². The molecule has 2 aromatic rings. The number of nitrogens with zero attached hydrogens (tertiary/aromatic N) is 3. The van der Waals surface area contributed by atoms with E-state index in [0.717, 1.165) is 29.5 Å². The first-order valence-electron chi connectivity index (χ1n) is 8.11. The molecule has 5 nitrogen and oxygen atoms in total. The number of pyridine rings is 1. The van der Waals surface area contributed by atoms with Crippen molar-refractivity contribution in [1.29, 1.82) is 0 Å². The van der Waals surface area contributed by atoms with E-state index in [1.807, 2.05) is 17.5 Å². The minimum atomic E-state index is -0.105. The van der Waals surface area contributed by atoms with E-state index in [4.69, 9.17) is 0 Å². The number of hydrogen-bond acceptors (Lipinski definition) is 5. The van der Waals surface area contributed by atoms with Crippen molar-refractivity contribution in [3.63, 3.8) is 0 Å². The molecular formula is C17H22N4OS. The topological polar surface area (TPSA) is 58.1 Å². The van der Waals surface area contributed by atoms with Gasteiger partial charge in [0.25, 0.3) is 5.91 Å². The van der Waals surface area contributed by atoms with E-state index in [1.165, 1.54) is 12.8 Å². The van der Waals surface area contributed by atoms with Crippen LogP contribution >= 0.6 is 11.3 Å². The largest absolute Gasteiger partial charge is 0.354 e. The van der Waals surface area contributed by atoms with Crippen LogP contribution < -0.4 is 10.2 Å². The molecule has 3 rings (SSSR count). The monoisotopic (exact) mass is 330 g/mol. The molecule has 0 aromatic carbocycles. The molecule has 1 fully saturated rings. The van der Waals surface area contributed by atoms with Gasteiger partial charge in [0, 0.05) is 24.2 Å². The van der Waals surface area contributed by atoms with Gasteiger partial charge in [-0.1, -0.05) is 6.92 Å². The van der Waals surface area contributed by atoms with E-state index in [0.29, 0.717) is 18.2 Å². The standard InChI is InChI=1S/C17H22N4OS/c1-3-14-11-23-16(20-14)10-19-17(22)13-6-7-15(18-9-13)21-8-4-5-12(21)2/h6-7,9,11-12H,3-5,8,10H2,1-2H3,(H,19,22). The van der Waals surface area contributed by atoms with Gasteiger partial charge in [0.05, 0.1) is 17.8 Å². The van der Waals surface area contributed by atoms with Crippen molar-refractivity contribution in [3.05, 3.63) is 40.0 Å². The molecule has 122 valence electrons. The molecule has 0 spiro atoms. The number of nitrogens with one attached hydrogen (secondary N) is 1. The van der Waals surface area contributed by atoms with Crippen LogP contribution in [0.15, 0.2) is 23.7 Å². The van der Waals surface area contributed by atoms with Crippen molar-refractivity contribution in [2.45, 2.75) is 45.7 Å². The summed E-state index contributed by atoms with van der Waals surface area (Å²) in [6, 6.07) is 4.32. The summed E-state index contributed by atoms with van der Waals surface area (Å²) in [5.41, 5.74) is 1.66. The van der Waals surface area contributed by atoms with Gasteiger partial charge >= 0.3 is 0 Å². The Kier molecular flexibility index (Phi) is 4.91. The molecule has 6 heteroatoms. The Morgan fingerprint density at radius 3 is 2.96 bits per heavy atom. The fourth-order valence-corrected chi connectivity index (χ4v) is 3.63. The third-order valence-electron chi connectivity index (χ3n) is 4.22. The molecule has 3 heterocycles. The van der Waals surface area contributed by atoms with Gasteiger partial charge in [-0.05, 0) is 38.3 Å². The van der Waals surface area contributed by atoms with E-state index in [2.05, 4.69) is 34.0 Å². The van der Waals surface area contributed by atoms with Gasteiger partial charge in [-0.2, -0.15) is 0 Å². The highest BCUT2D eigenvalue weighted by atomic mass is 32.1. The summed E-state index contributed by atoms with van der Waals surface area (Å²) in [7, 11) is 0. The Labute approximate surface area is 140 Å². The smallest absolute Gasteiger partial charge is 0.253 e. The minimum Gasteiger partial charge on any atom is -0.354 e. The molecule has 0 bridgehead atoms. The van der Waals surface area contributed by atoms with Gasteiger partial charge in [0.2, 0.25) is 0 Å². The molecule has 1 aliphatic rings. The summed E-state index contributed by atoms with van der Waals surface area (Å²) in [6.07, 6.45) is 5.00. The molecule has 1 atom stereocenters.